The molecule has 96 valence electrons. The molecule has 2 N–H and O–H groups in total. The van der Waals surface area contributed by atoms with Gasteiger partial charge in [0.05, 0.1) is 12.4 Å². The third kappa shape index (κ3) is 4.80. The van der Waals surface area contributed by atoms with E-state index in [-0.39, 0.29) is 24.3 Å². The molecule has 2 atom stereocenters. The largest absolute Gasteiger partial charge is 0.327 e. The molecule has 0 aromatic heterocycles. The second kappa shape index (κ2) is 6.57. The normalized spacial score (nSPS) is 27.6. The smallest absolute Gasteiger partial charge is 0.267 e. The van der Waals surface area contributed by atoms with Crippen molar-refractivity contribution in [3.05, 3.63) is 0 Å². The molecule has 1 fully saturated rings. The van der Waals surface area contributed by atoms with Crippen LogP contribution in [0.25, 0.3) is 0 Å². The van der Waals surface area contributed by atoms with Gasteiger partial charge in [0, 0.05) is 6.04 Å². The van der Waals surface area contributed by atoms with Gasteiger partial charge in [-0.3, -0.25) is 4.18 Å². The minimum atomic E-state index is -3.32. The topological polar surface area (TPSA) is 69.4 Å². The highest BCUT2D eigenvalue weighted by atomic mass is 32.2. The lowest BCUT2D eigenvalue weighted by Gasteiger charge is -2.20. The summed E-state index contributed by atoms with van der Waals surface area (Å²) in [6.07, 6.45) is 6.06. The van der Waals surface area contributed by atoms with Crippen molar-refractivity contribution in [2.45, 2.75) is 51.5 Å². The minimum absolute atomic E-state index is 0.0966. The Kier molecular flexibility index (Phi) is 5.72. The average Bonchev–Trinajstić information content (AvgIpc) is 2.40. The van der Waals surface area contributed by atoms with Crippen LogP contribution in [0.1, 0.15) is 45.4 Å². The summed E-state index contributed by atoms with van der Waals surface area (Å²) in [5.74, 6) is 0.309. The SMILES string of the molecule is CCCS(=O)(=O)OC[C@@H]1CCCCC[C@@H]1N. The van der Waals surface area contributed by atoms with Crippen LogP contribution in [0.3, 0.4) is 0 Å². The molecule has 0 aromatic carbocycles. The summed E-state index contributed by atoms with van der Waals surface area (Å²) in [7, 11) is -3.32. The van der Waals surface area contributed by atoms with Gasteiger partial charge in [0.25, 0.3) is 10.1 Å². The summed E-state index contributed by atoms with van der Waals surface area (Å²) in [5.41, 5.74) is 6.01. The average molecular weight is 249 g/mol. The Balaban J connectivity index is 2.40. The lowest BCUT2D eigenvalue weighted by atomic mass is 9.97. The van der Waals surface area contributed by atoms with Gasteiger partial charge < -0.3 is 5.73 Å². The molecule has 1 aliphatic carbocycles. The molecule has 16 heavy (non-hydrogen) atoms. The van der Waals surface area contributed by atoms with Gasteiger partial charge >= 0.3 is 0 Å². The third-order valence-electron chi connectivity index (χ3n) is 3.13. The molecule has 0 radical (unpaired) electrons. The Hall–Kier alpha value is -0.130. The van der Waals surface area contributed by atoms with Crippen molar-refractivity contribution in [3.63, 3.8) is 0 Å². The lowest BCUT2D eigenvalue weighted by molar-refractivity contribution is 0.222. The van der Waals surface area contributed by atoms with Gasteiger partial charge in [-0.05, 0) is 25.2 Å². The molecule has 1 aliphatic rings. The van der Waals surface area contributed by atoms with E-state index in [2.05, 4.69) is 0 Å². The summed E-state index contributed by atoms with van der Waals surface area (Å²) >= 11 is 0. The van der Waals surface area contributed by atoms with E-state index < -0.39 is 10.1 Å². The van der Waals surface area contributed by atoms with Crippen LogP contribution in [0.5, 0.6) is 0 Å². The highest BCUT2D eigenvalue weighted by molar-refractivity contribution is 7.86. The highest BCUT2D eigenvalue weighted by Gasteiger charge is 2.22. The first kappa shape index (κ1) is 13.9. The molecule has 0 aromatic rings. The monoisotopic (exact) mass is 249 g/mol. The van der Waals surface area contributed by atoms with Crippen LogP contribution in [0, 0.1) is 5.92 Å². The van der Waals surface area contributed by atoms with E-state index in [1.165, 1.54) is 6.42 Å². The summed E-state index contributed by atoms with van der Waals surface area (Å²) in [6.45, 7) is 2.10. The van der Waals surface area contributed by atoms with Gasteiger partial charge in [-0.25, -0.2) is 0 Å². The molecular formula is C11H23NO3S. The van der Waals surface area contributed by atoms with Gasteiger partial charge in [0.1, 0.15) is 0 Å². The Labute approximate surface area is 98.7 Å². The molecule has 4 nitrogen and oxygen atoms in total. The van der Waals surface area contributed by atoms with Gasteiger partial charge in [-0.2, -0.15) is 8.42 Å². The molecule has 0 unspecified atom stereocenters. The Morgan fingerprint density at radius 1 is 1.25 bits per heavy atom. The fourth-order valence-electron chi connectivity index (χ4n) is 2.12. The Morgan fingerprint density at radius 2 is 1.94 bits per heavy atom. The summed E-state index contributed by atoms with van der Waals surface area (Å²) in [6, 6.07) is 0.0966. The summed E-state index contributed by atoms with van der Waals surface area (Å²) in [4.78, 5) is 0. The van der Waals surface area contributed by atoms with Crippen LogP contribution >= 0.6 is 0 Å². The van der Waals surface area contributed by atoms with Crippen molar-refractivity contribution in [3.8, 4) is 0 Å². The molecule has 0 bridgehead atoms. The first-order valence-electron chi connectivity index (χ1n) is 6.18. The summed E-state index contributed by atoms with van der Waals surface area (Å²) < 4.78 is 27.8. The molecule has 0 heterocycles. The number of rotatable bonds is 5. The van der Waals surface area contributed by atoms with Crippen molar-refractivity contribution in [2.75, 3.05) is 12.4 Å². The van der Waals surface area contributed by atoms with Gasteiger partial charge in [0.2, 0.25) is 0 Å². The van der Waals surface area contributed by atoms with Crippen molar-refractivity contribution in [1.82, 2.24) is 0 Å². The minimum Gasteiger partial charge on any atom is -0.327 e. The van der Waals surface area contributed by atoms with Crippen LogP contribution in [0.2, 0.25) is 0 Å². The fraction of sp³-hybridized carbons (Fsp3) is 1.00. The first-order chi connectivity index (χ1) is 7.55. The van der Waals surface area contributed by atoms with Crippen molar-refractivity contribution < 1.29 is 12.6 Å². The number of hydrogen-bond donors (Lipinski definition) is 1. The zero-order valence-corrected chi connectivity index (χ0v) is 10.8. The maximum absolute atomic E-state index is 11.4. The molecule has 5 heteroatoms. The predicted octanol–water partition coefficient (Wildman–Crippen LogP) is 1.65. The summed E-state index contributed by atoms with van der Waals surface area (Å²) in [5, 5.41) is 0. The highest BCUT2D eigenvalue weighted by Crippen LogP contribution is 2.22. The maximum Gasteiger partial charge on any atom is 0.267 e. The van der Waals surface area contributed by atoms with Crippen LogP contribution < -0.4 is 5.73 Å². The molecule has 0 saturated heterocycles. The van der Waals surface area contributed by atoms with Gasteiger partial charge in [-0.15, -0.1) is 0 Å². The van der Waals surface area contributed by atoms with Crippen molar-refractivity contribution >= 4 is 10.1 Å². The molecule has 1 rings (SSSR count). The van der Waals surface area contributed by atoms with E-state index >= 15 is 0 Å². The molecule has 0 aliphatic heterocycles. The van der Waals surface area contributed by atoms with Crippen molar-refractivity contribution in [2.24, 2.45) is 11.7 Å². The zero-order valence-electron chi connectivity index (χ0n) is 10.0. The van der Waals surface area contributed by atoms with Gasteiger partial charge in [-0.1, -0.05) is 26.2 Å². The molecule has 1 saturated carbocycles. The van der Waals surface area contributed by atoms with Crippen molar-refractivity contribution in [1.29, 1.82) is 0 Å². The third-order valence-corrected chi connectivity index (χ3v) is 4.54. The zero-order chi connectivity index (χ0) is 12.0. The number of nitrogens with two attached hydrogens (primary N) is 1. The number of hydrogen-bond acceptors (Lipinski definition) is 4. The molecular weight excluding hydrogens is 226 g/mol. The second-order valence-electron chi connectivity index (χ2n) is 4.61. The van der Waals surface area contributed by atoms with E-state index in [0.29, 0.717) is 6.42 Å². The lowest BCUT2D eigenvalue weighted by Crippen LogP contribution is -2.33. The first-order valence-corrected chi connectivity index (χ1v) is 7.75. The van der Waals surface area contributed by atoms with Crippen LogP contribution in [0.15, 0.2) is 0 Å². The van der Waals surface area contributed by atoms with Crippen LogP contribution in [-0.2, 0) is 14.3 Å². The molecule has 0 amide bonds. The predicted molar refractivity (Wildman–Crippen MR) is 64.6 cm³/mol. The van der Waals surface area contributed by atoms with Gasteiger partial charge in [0.15, 0.2) is 0 Å². The quantitative estimate of drug-likeness (QED) is 0.594. The van der Waals surface area contributed by atoms with E-state index in [9.17, 15) is 8.42 Å². The standard InChI is InChI=1S/C11H23NO3S/c1-2-8-16(13,14)15-9-10-6-4-3-5-7-11(10)12/h10-11H,2-9,12H2,1H3/t10-,11-/m0/s1. The van der Waals surface area contributed by atoms with E-state index in [0.717, 1.165) is 25.7 Å². The van der Waals surface area contributed by atoms with E-state index in [1.807, 2.05) is 6.92 Å². The van der Waals surface area contributed by atoms with Crippen LogP contribution in [-0.4, -0.2) is 26.8 Å². The van der Waals surface area contributed by atoms with E-state index in [1.54, 1.807) is 0 Å². The second-order valence-corrected chi connectivity index (χ2v) is 6.37. The Morgan fingerprint density at radius 3 is 2.62 bits per heavy atom. The van der Waals surface area contributed by atoms with Crippen LogP contribution in [0.4, 0.5) is 0 Å². The fourth-order valence-corrected chi connectivity index (χ4v) is 3.12. The Bertz CT molecular complexity index is 290. The maximum atomic E-state index is 11.4. The molecule has 0 spiro atoms. The van der Waals surface area contributed by atoms with E-state index in [4.69, 9.17) is 9.92 Å².